The van der Waals surface area contributed by atoms with Crippen molar-refractivity contribution in [2.24, 2.45) is 0 Å². The highest BCUT2D eigenvalue weighted by Crippen LogP contribution is 2.16. The molecule has 4 rings (SSSR count). The van der Waals surface area contributed by atoms with Crippen molar-refractivity contribution in [3.8, 4) is 5.75 Å². The summed E-state index contributed by atoms with van der Waals surface area (Å²) in [6.07, 6.45) is 1.58. The molecule has 2 N–H and O–H groups in total. The van der Waals surface area contributed by atoms with Gasteiger partial charge in [-0.15, -0.1) is 0 Å². The number of ether oxygens (including phenoxy) is 1. The zero-order chi connectivity index (χ0) is 17.8. The number of hydrogen-bond acceptors (Lipinski definition) is 4. The molecule has 0 unspecified atom stereocenters. The average Bonchev–Trinajstić information content (AvgIpc) is 3.34. The number of aromatic amines is 1. The topological polar surface area (TPSA) is 80.2 Å². The van der Waals surface area contributed by atoms with Gasteiger partial charge < -0.3 is 19.5 Å². The maximum atomic E-state index is 12.3. The van der Waals surface area contributed by atoms with Gasteiger partial charge in [-0.2, -0.15) is 0 Å². The third kappa shape index (κ3) is 3.59. The minimum Gasteiger partial charge on any atom is -0.486 e. The molecule has 0 spiro atoms. The van der Waals surface area contributed by atoms with Crippen LogP contribution in [0.15, 0.2) is 71.3 Å². The number of nitrogens with zero attached hydrogens (tertiary/aromatic N) is 1. The molecule has 130 valence electrons. The van der Waals surface area contributed by atoms with Crippen molar-refractivity contribution >= 4 is 16.9 Å². The van der Waals surface area contributed by atoms with Gasteiger partial charge in [0.1, 0.15) is 23.9 Å². The molecular weight excluding hydrogens is 330 g/mol. The summed E-state index contributed by atoms with van der Waals surface area (Å²) in [5, 5.41) is 2.83. The van der Waals surface area contributed by atoms with Gasteiger partial charge in [0.25, 0.3) is 5.91 Å². The SMILES string of the molecule is O=C(NCc1ccco1)c1ccc2nc(COc3ccccc3)[nH]c2c1. The number of fused-ring (bicyclic) bond motifs is 1. The van der Waals surface area contributed by atoms with E-state index in [2.05, 4.69) is 15.3 Å². The first kappa shape index (κ1) is 16.0. The minimum absolute atomic E-state index is 0.167. The summed E-state index contributed by atoms with van der Waals surface area (Å²) >= 11 is 0. The molecule has 0 radical (unpaired) electrons. The van der Waals surface area contributed by atoms with Gasteiger partial charge in [-0.1, -0.05) is 18.2 Å². The van der Waals surface area contributed by atoms with E-state index in [0.717, 1.165) is 16.8 Å². The lowest BCUT2D eigenvalue weighted by Gasteiger charge is -2.03. The number of imidazole rings is 1. The van der Waals surface area contributed by atoms with Gasteiger partial charge in [0.15, 0.2) is 0 Å². The largest absolute Gasteiger partial charge is 0.486 e. The lowest BCUT2D eigenvalue weighted by molar-refractivity contribution is 0.0948. The molecule has 2 heterocycles. The number of amides is 1. The van der Waals surface area contributed by atoms with Gasteiger partial charge in [0, 0.05) is 5.56 Å². The number of carbonyl (C=O) groups excluding carboxylic acids is 1. The summed E-state index contributed by atoms with van der Waals surface area (Å²) in [4.78, 5) is 20.0. The number of benzene rings is 2. The van der Waals surface area contributed by atoms with E-state index in [9.17, 15) is 4.79 Å². The lowest BCUT2D eigenvalue weighted by atomic mass is 10.2. The molecule has 6 heteroatoms. The van der Waals surface area contributed by atoms with Gasteiger partial charge in [0.2, 0.25) is 0 Å². The fourth-order valence-electron chi connectivity index (χ4n) is 2.62. The zero-order valence-corrected chi connectivity index (χ0v) is 13.9. The van der Waals surface area contributed by atoms with Crippen LogP contribution in [0.3, 0.4) is 0 Å². The molecule has 0 bridgehead atoms. The molecule has 0 saturated heterocycles. The van der Waals surface area contributed by atoms with Gasteiger partial charge in [-0.25, -0.2) is 4.98 Å². The first-order chi connectivity index (χ1) is 12.8. The Kier molecular flexibility index (Phi) is 4.38. The van der Waals surface area contributed by atoms with Crippen molar-refractivity contribution in [1.29, 1.82) is 0 Å². The molecule has 0 aliphatic heterocycles. The van der Waals surface area contributed by atoms with E-state index in [1.54, 1.807) is 24.5 Å². The van der Waals surface area contributed by atoms with E-state index in [4.69, 9.17) is 9.15 Å². The monoisotopic (exact) mass is 347 g/mol. The molecule has 0 fully saturated rings. The Morgan fingerprint density at radius 3 is 2.81 bits per heavy atom. The molecule has 0 saturated carbocycles. The van der Waals surface area contributed by atoms with Gasteiger partial charge in [-0.05, 0) is 42.5 Å². The van der Waals surface area contributed by atoms with Crippen LogP contribution in [0, 0.1) is 0 Å². The number of rotatable bonds is 6. The Balaban J connectivity index is 1.44. The summed E-state index contributed by atoms with van der Waals surface area (Å²) in [5.41, 5.74) is 2.14. The minimum atomic E-state index is -0.167. The van der Waals surface area contributed by atoms with Crippen LogP contribution in [-0.2, 0) is 13.2 Å². The summed E-state index contributed by atoms with van der Waals surface area (Å²) in [6, 6.07) is 18.5. The molecule has 2 aromatic carbocycles. The third-order valence-corrected chi connectivity index (χ3v) is 3.92. The Labute approximate surface area is 149 Å². The van der Waals surface area contributed by atoms with Crippen LogP contribution in [0.25, 0.3) is 11.0 Å². The van der Waals surface area contributed by atoms with Gasteiger partial charge in [-0.3, -0.25) is 4.79 Å². The maximum Gasteiger partial charge on any atom is 0.251 e. The Morgan fingerprint density at radius 1 is 1.12 bits per heavy atom. The highest BCUT2D eigenvalue weighted by Gasteiger charge is 2.10. The van der Waals surface area contributed by atoms with E-state index in [1.165, 1.54) is 0 Å². The van der Waals surface area contributed by atoms with Crippen LogP contribution < -0.4 is 10.1 Å². The Bertz CT molecular complexity index is 1010. The van der Waals surface area contributed by atoms with Crippen LogP contribution in [0.5, 0.6) is 5.75 Å². The summed E-state index contributed by atoms with van der Waals surface area (Å²) in [5.74, 6) is 2.03. The first-order valence-electron chi connectivity index (χ1n) is 8.25. The van der Waals surface area contributed by atoms with E-state index < -0.39 is 0 Å². The van der Waals surface area contributed by atoms with E-state index >= 15 is 0 Å². The molecule has 2 aromatic heterocycles. The van der Waals surface area contributed by atoms with Gasteiger partial charge in [0.05, 0.1) is 23.8 Å². The first-order valence-corrected chi connectivity index (χ1v) is 8.25. The Morgan fingerprint density at radius 2 is 2.00 bits per heavy atom. The van der Waals surface area contributed by atoms with Crippen molar-refractivity contribution in [3.63, 3.8) is 0 Å². The second kappa shape index (κ2) is 7.14. The molecule has 0 aliphatic carbocycles. The summed E-state index contributed by atoms with van der Waals surface area (Å²) < 4.78 is 10.9. The maximum absolute atomic E-state index is 12.3. The van der Waals surface area contributed by atoms with Crippen molar-refractivity contribution in [2.45, 2.75) is 13.2 Å². The van der Waals surface area contributed by atoms with Crippen LogP contribution in [-0.4, -0.2) is 15.9 Å². The van der Waals surface area contributed by atoms with Crippen molar-refractivity contribution in [2.75, 3.05) is 0 Å². The molecule has 6 nitrogen and oxygen atoms in total. The van der Waals surface area contributed by atoms with Crippen LogP contribution in [0.2, 0.25) is 0 Å². The molecule has 1 amide bonds. The number of H-pyrrole nitrogens is 1. The number of aromatic nitrogens is 2. The van der Waals surface area contributed by atoms with Gasteiger partial charge >= 0.3 is 0 Å². The molecule has 26 heavy (non-hydrogen) atoms. The number of carbonyl (C=O) groups is 1. The third-order valence-electron chi connectivity index (χ3n) is 3.92. The smallest absolute Gasteiger partial charge is 0.251 e. The predicted molar refractivity (Wildman–Crippen MR) is 96.7 cm³/mol. The quantitative estimate of drug-likeness (QED) is 0.558. The van der Waals surface area contributed by atoms with Crippen LogP contribution >= 0.6 is 0 Å². The molecule has 0 aliphatic rings. The number of furan rings is 1. The van der Waals surface area contributed by atoms with Crippen molar-refractivity contribution in [1.82, 2.24) is 15.3 Å². The summed E-state index contributed by atoms with van der Waals surface area (Å²) in [6.45, 7) is 0.682. The second-order valence-electron chi connectivity index (χ2n) is 5.78. The van der Waals surface area contributed by atoms with Crippen LogP contribution in [0.1, 0.15) is 21.9 Å². The van der Waals surface area contributed by atoms with Crippen LogP contribution in [0.4, 0.5) is 0 Å². The lowest BCUT2D eigenvalue weighted by Crippen LogP contribution is -2.22. The summed E-state index contributed by atoms with van der Waals surface area (Å²) in [7, 11) is 0. The highest BCUT2D eigenvalue weighted by atomic mass is 16.5. The average molecular weight is 347 g/mol. The van der Waals surface area contributed by atoms with E-state index in [0.29, 0.717) is 30.3 Å². The highest BCUT2D eigenvalue weighted by molar-refractivity contribution is 5.97. The molecular formula is C20H17N3O3. The second-order valence-corrected chi connectivity index (χ2v) is 5.78. The fourth-order valence-corrected chi connectivity index (χ4v) is 2.62. The van der Waals surface area contributed by atoms with Crippen molar-refractivity contribution in [3.05, 3.63) is 84.1 Å². The number of nitrogens with one attached hydrogen (secondary N) is 2. The molecule has 4 aromatic rings. The standard InChI is InChI=1S/C20H17N3O3/c24-20(21-12-16-7-4-10-25-16)14-8-9-17-18(11-14)23-19(22-17)13-26-15-5-2-1-3-6-15/h1-11H,12-13H2,(H,21,24)(H,22,23). The fraction of sp³-hybridized carbons (Fsp3) is 0.100. The number of para-hydroxylation sites is 1. The van der Waals surface area contributed by atoms with E-state index in [-0.39, 0.29) is 5.91 Å². The van der Waals surface area contributed by atoms with Crippen molar-refractivity contribution < 1.29 is 13.9 Å². The predicted octanol–water partition coefficient (Wildman–Crippen LogP) is 3.66. The molecule has 0 atom stereocenters. The zero-order valence-electron chi connectivity index (χ0n) is 13.9. The van der Waals surface area contributed by atoms with E-state index in [1.807, 2.05) is 42.5 Å². The normalized spacial score (nSPS) is 10.8. The Hall–Kier alpha value is -3.54. The number of hydrogen-bond donors (Lipinski definition) is 2.